The van der Waals surface area contributed by atoms with Crippen LogP contribution >= 0.6 is 0 Å². The van der Waals surface area contributed by atoms with Gasteiger partial charge < -0.3 is 31.2 Å². The molecule has 0 spiro atoms. The van der Waals surface area contributed by atoms with Gasteiger partial charge in [0.1, 0.15) is 25.9 Å². The minimum absolute atomic E-state index is 0.242. The number of para-hydroxylation sites is 1. The summed E-state index contributed by atoms with van der Waals surface area (Å²) in [7, 11) is 0. The number of nitrogens with two attached hydrogens (primary N) is 1. The molecule has 4 aromatic rings. The second kappa shape index (κ2) is 19.6. The second-order valence-corrected chi connectivity index (χ2v) is 12.4. The number of ether oxygens (including phenoxy) is 2. The molecule has 5 N–H and O–H groups in total. The Balaban J connectivity index is 1.05. The first-order valence-corrected chi connectivity index (χ1v) is 17.4. The van der Waals surface area contributed by atoms with Gasteiger partial charge in [-0.1, -0.05) is 97.1 Å². The van der Waals surface area contributed by atoms with Crippen molar-refractivity contribution in [2.75, 3.05) is 19.6 Å². The Morgan fingerprint density at radius 3 is 2.04 bits per heavy atom. The predicted molar refractivity (Wildman–Crippen MR) is 195 cm³/mol. The summed E-state index contributed by atoms with van der Waals surface area (Å²) in [6, 6.07) is 32.4. The maximum absolute atomic E-state index is 13.3. The predicted octanol–water partition coefficient (Wildman–Crippen LogP) is 4.04. The summed E-state index contributed by atoms with van der Waals surface area (Å²) in [5, 5.41) is 9.38. The van der Waals surface area contributed by atoms with Crippen molar-refractivity contribution in [1.29, 1.82) is 0 Å². The summed E-state index contributed by atoms with van der Waals surface area (Å²) >= 11 is 0. The average Bonchev–Trinajstić information content (AvgIpc) is 3.18. The van der Waals surface area contributed by atoms with E-state index in [0.717, 1.165) is 16.7 Å². The van der Waals surface area contributed by atoms with Crippen LogP contribution in [0.3, 0.4) is 0 Å². The quantitative estimate of drug-likeness (QED) is 0.113. The molecule has 5 rings (SSSR count). The van der Waals surface area contributed by atoms with Gasteiger partial charge in [0.05, 0.1) is 18.2 Å². The standard InChI is InChI=1S/C40H45N5O7/c41-33(39(48)43-25-36(46)44-34-21-12-24-45(40(34)49)52-28-31-17-8-3-9-18-31)20-11-23-42-38(47)32-19-10-22-35(50-26-29-13-4-1-5-14-29)37(32)51-27-30-15-6-2-7-16-30/h1-10,13-19,22,33-34H,11-12,20-21,23-28,41H2,(H,42,47)(H,43,48)(H,44,46)/t33-,34+/m1/s1. The van der Waals surface area contributed by atoms with Crippen molar-refractivity contribution in [3.63, 3.8) is 0 Å². The lowest BCUT2D eigenvalue weighted by molar-refractivity contribution is -0.199. The van der Waals surface area contributed by atoms with Crippen LogP contribution in [-0.2, 0) is 39.0 Å². The number of nitrogens with one attached hydrogen (secondary N) is 3. The Morgan fingerprint density at radius 2 is 1.38 bits per heavy atom. The Bertz CT molecular complexity index is 1760. The van der Waals surface area contributed by atoms with Crippen molar-refractivity contribution >= 4 is 23.6 Å². The van der Waals surface area contributed by atoms with E-state index >= 15 is 0 Å². The van der Waals surface area contributed by atoms with Crippen molar-refractivity contribution in [1.82, 2.24) is 21.0 Å². The van der Waals surface area contributed by atoms with Crippen molar-refractivity contribution in [2.45, 2.75) is 57.6 Å². The molecule has 0 aliphatic carbocycles. The summed E-state index contributed by atoms with van der Waals surface area (Å²) in [6.07, 6.45) is 1.81. The van der Waals surface area contributed by atoms with Crippen molar-refractivity contribution < 1.29 is 33.5 Å². The van der Waals surface area contributed by atoms with Crippen molar-refractivity contribution in [3.8, 4) is 11.5 Å². The molecule has 2 atom stereocenters. The molecule has 12 nitrogen and oxygen atoms in total. The monoisotopic (exact) mass is 707 g/mol. The highest BCUT2D eigenvalue weighted by Gasteiger charge is 2.31. The zero-order valence-electron chi connectivity index (χ0n) is 29.0. The topological polar surface area (TPSA) is 161 Å². The number of carbonyl (C=O) groups is 4. The van der Waals surface area contributed by atoms with Crippen LogP contribution in [0.4, 0.5) is 0 Å². The molecule has 272 valence electrons. The minimum atomic E-state index is -0.901. The highest BCUT2D eigenvalue weighted by Crippen LogP contribution is 2.33. The van der Waals surface area contributed by atoms with Crippen LogP contribution in [0.25, 0.3) is 0 Å². The van der Waals surface area contributed by atoms with Crippen LogP contribution in [0.5, 0.6) is 11.5 Å². The number of rotatable bonds is 18. The lowest BCUT2D eigenvalue weighted by Gasteiger charge is -2.31. The third-order valence-electron chi connectivity index (χ3n) is 8.39. The number of hydrogen-bond acceptors (Lipinski definition) is 8. The molecule has 1 heterocycles. The van der Waals surface area contributed by atoms with Gasteiger partial charge in [-0.15, -0.1) is 0 Å². The molecule has 0 radical (unpaired) electrons. The Morgan fingerprint density at radius 1 is 0.769 bits per heavy atom. The fourth-order valence-corrected chi connectivity index (χ4v) is 5.55. The molecular formula is C40H45N5O7. The number of carbonyl (C=O) groups excluding carboxylic acids is 4. The van der Waals surface area contributed by atoms with Crippen molar-refractivity contribution in [2.24, 2.45) is 5.73 Å². The van der Waals surface area contributed by atoms with Gasteiger partial charge in [0.15, 0.2) is 11.5 Å². The van der Waals surface area contributed by atoms with Crippen LogP contribution in [0, 0.1) is 0 Å². The maximum Gasteiger partial charge on any atom is 0.268 e. The van der Waals surface area contributed by atoms with Gasteiger partial charge >= 0.3 is 0 Å². The molecule has 0 saturated carbocycles. The third-order valence-corrected chi connectivity index (χ3v) is 8.39. The number of hydrogen-bond donors (Lipinski definition) is 4. The summed E-state index contributed by atoms with van der Waals surface area (Å²) in [4.78, 5) is 57.1. The Labute approximate surface area is 303 Å². The van der Waals surface area contributed by atoms with Crippen LogP contribution in [0.2, 0.25) is 0 Å². The Kier molecular flexibility index (Phi) is 14.2. The van der Waals surface area contributed by atoms with E-state index in [2.05, 4.69) is 16.0 Å². The van der Waals surface area contributed by atoms with Crippen LogP contribution in [-0.4, -0.2) is 60.4 Å². The van der Waals surface area contributed by atoms with Gasteiger partial charge in [0, 0.05) is 13.1 Å². The molecule has 1 fully saturated rings. The van der Waals surface area contributed by atoms with E-state index in [4.69, 9.17) is 20.0 Å². The lowest BCUT2D eigenvalue weighted by atomic mass is 10.1. The number of piperidine rings is 1. The smallest absolute Gasteiger partial charge is 0.268 e. The largest absolute Gasteiger partial charge is 0.485 e. The lowest BCUT2D eigenvalue weighted by Crippen LogP contribution is -2.54. The average molecular weight is 708 g/mol. The molecule has 1 aliphatic heterocycles. The number of benzene rings is 4. The molecule has 0 bridgehead atoms. The first-order valence-electron chi connectivity index (χ1n) is 17.4. The normalized spacial score (nSPS) is 14.6. The van der Waals surface area contributed by atoms with E-state index < -0.39 is 23.9 Å². The summed E-state index contributed by atoms with van der Waals surface area (Å²) < 4.78 is 12.2. The molecule has 12 heteroatoms. The molecule has 0 aromatic heterocycles. The Hall–Kier alpha value is -5.72. The van der Waals surface area contributed by atoms with Crippen molar-refractivity contribution in [3.05, 3.63) is 131 Å². The van der Waals surface area contributed by atoms with Crippen LogP contribution < -0.4 is 31.2 Å². The zero-order chi connectivity index (χ0) is 36.5. The molecule has 52 heavy (non-hydrogen) atoms. The molecular weight excluding hydrogens is 662 g/mol. The van der Waals surface area contributed by atoms with Gasteiger partial charge in [-0.2, -0.15) is 0 Å². The van der Waals surface area contributed by atoms with Crippen LogP contribution in [0.1, 0.15) is 52.7 Å². The van der Waals surface area contributed by atoms with E-state index in [1.807, 2.05) is 91.0 Å². The molecule has 1 saturated heterocycles. The molecule has 4 amide bonds. The van der Waals surface area contributed by atoms with E-state index in [9.17, 15) is 19.2 Å². The fraction of sp³-hybridized carbons (Fsp3) is 0.300. The first-order chi connectivity index (χ1) is 25.4. The number of amides is 4. The third kappa shape index (κ3) is 11.4. The minimum Gasteiger partial charge on any atom is -0.485 e. The molecule has 4 aromatic carbocycles. The van der Waals surface area contributed by atoms with Gasteiger partial charge in [-0.3, -0.25) is 24.0 Å². The second-order valence-electron chi connectivity index (χ2n) is 12.4. The SMILES string of the molecule is N[C@H](CCCNC(=O)c1cccc(OCc2ccccc2)c1OCc1ccccc1)C(=O)NCC(=O)N[C@H]1CCCN(OCc2ccccc2)C1=O. The van der Waals surface area contributed by atoms with Gasteiger partial charge in [-0.05, 0) is 54.5 Å². The van der Waals surface area contributed by atoms with E-state index in [1.165, 1.54) is 5.06 Å². The van der Waals surface area contributed by atoms with Gasteiger partial charge in [0.2, 0.25) is 11.8 Å². The summed E-state index contributed by atoms with van der Waals surface area (Å²) in [6.45, 7) is 1.14. The number of hydroxylamine groups is 2. The highest BCUT2D eigenvalue weighted by molar-refractivity contribution is 5.97. The van der Waals surface area contributed by atoms with E-state index in [-0.39, 0.29) is 44.5 Å². The molecule has 0 unspecified atom stereocenters. The van der Waals surface area contributed by atoms with Gasteiger partial charge in [-0.25, -0.2) is 5.06 Å². The number of nitrogens with zero attached hydrogens (tertiary/aromatic N) is 1. The summed E-state index contributed by atoms with van der Waals surface area (Å²) in [5.74, 6) is -0.931. The summed E-state index contributed by atoms with van der Waals surface area (Å²) in [5.41, 5.74) is 9.25. The molecule has 1 aliphatic rings. The van der Waals surface area contributed by atoms with Gasteiger partial charge in [0.25, 0.3) is 11.8 Å². The zero-order valence-corrected chi connectivity index (χ0v) is 29.0. The highest BCUT2D eigenvalue weighted by atomic mass is 16.7. The van der Waals surface area contributed by atoms with E-state index in [0.29, 0.717) is 49.5 Å². The van der Waals surface area contributed by atoms with Crippen LogP contribution in [0.15, 0.2) is 109 Å². The maximum atomic E-state index is 13.3. The van der Waals surface area contributed by atoms with E-state index in [1.54, 1.807) is 18.2 Å². The fourth-order valence-electron chi connectivity index (χ4n) is 5.55. The first kappa shape index (κ1) is 37.5.